The van der Waals surface area contributed by atoms with Crippen molar-refractivity contribution in [2.75, 3.05) is 43.1 Å². The summed E-state index contributed by atoms with van der Waals surface area (Å²) in [6.07, 6.45) is 11.5. The lowest BCUT2D eigenvalue weighted by Crippen LogP contribution is -2.48. The van der Waals surface area contributed by atoms with Gasteiger partial charge in [0.05, 0.1) is 52.2 Å². The number of halogens is 2. The van der Waals surface area contributed by atoms with Crippen LogP contribution >= 0.6 is 31.9 Å². The first-order valence-corrected chi connectivity index (χ1v) is 19.4. The van der Waals surface area contributed by atoms with Crippen molar-refractivity contribution in [3.63, 3.8) is 0 Å². The molecule has 17 heteroatoms. The fraction of sp³-hybridized carbons (Fsp3) is 0.484. The number of piperidine rings is 2. The van der Waals surface area contributed by atoms with Gasteiger partial charge in [-0.05, 0) is 81.8 Å². The molecule has 4 aromatic heterocycles. The van der Waals surface area contributed by atoms with Crippen molar-refractivity contribution >= 4 is 76.1 Å². The average Bonchev–Trinajstić information content (AvgIpc) is 3.62. The number of aromatic nitrogens is 4. The van der Waals surface area contributed by atoms with Gasteiger partial charge in [-0.1, -0.05) is 26.7 Å². The first-order valence-electron chi connectivity index (χ1n) is 15.9. The van der Waals surface area contributed by atoms with Crippen LogP contribution in [-0.2, 0) is 10.0 Å². The molecular weight excluding hydrogens is 768 g/mol. The highest BCUT2D eigenvalue weighted by atomic mass is 79.9. The predicted molar refractivity (Wildman–Crippen MR) is 194 cm³/mol. The van der Waals surface area contributed by atoms with Crippen LogP contribution in [0.4, 0.5) is 11.4 Å². The van der Waals surface area contributed by atoms with E-state index in [4.69, 9.17) is 11.5 Å². The summed E-state index contributed by atoms with van der Waals surface area (Å²) in [7, 11) is -3.21. The molecule has 7 N–H and O–H groups in total. The number of nitrogens with zero attached hydrogens (tertiary/aromatic N) is 5. The van der Waals surface area contributed by atoms with E-state index in [0.29, 0.717) is 48.3 Å². The monoisotopic (exact) mass is 808 g/mol. The maximum absolute atomic E-state index is 11.9. The molecule has 2 aliphatic heterocycles. The third-order valence-electron chi connectivity index (χ3n) is 9.22. The Bertz CT molecular complexity index is 1910. The Morgan fingerprint density at radius 2 is 1.40 bits per heavy atom. The molecule has 2 amide bonds. The molecule has 4 atom stereocenters. The van der Waals surface area contributed by atoms with Crippen LogP contribution in [0.3, 0.4) is 0 Å². The second-order valence-corrected chi connectivity index (χ2v) is 16.1. The Kier molecular flexibility index (Phi) is 11.3. The van der Waals surface area contributed by atoms with Gasteiger partial charge in [0.2, 0.25) is 10.0 Å². The van der Waals surface area contributed by atoms with Gasteiger partial charge in [0.1, 0.15) is 0 Å². The number of hydrogen-bond acceptors (Lipinski definition) is 9. The Balaban J connectivity index is 0.000000190. The molecule has 14 nitrogen and oxygen atoms in total. The molecule has 48 heavy (non-hydrogen) atoms. The van der Waals surface area contributed by atoms with E-state index < -0.39 is 21.8 Å². The number of primary amides is 2. The van der Waals surface area contributed by atoms with Crippen LogP contribution in [0.15, 0.2) is 45.9 Å². The molecule has 0 unspecified atom stereocenters. The van der Waals surface area contributed by atoms with E-state index in [1.807, 2.05) is 25.3 Å². The normalized spacial score (nSPS) is 21.9. The molecular formula is C31H42Br2N10O4S. The second kappa shape index (κ2) is 15.1. The van der Waals surface area contributed by atoms with Gasteiger partial charge >= 0.3 is 0 Å². The van der Waals surface area contributed by atoms with Crippen molar-refractivity contribution in [3.05, 3.63) is 57.0 Å². The van der Waals surface area contributed by atoms with Crippen molar-refractivity contribution in [1.29, 1.82) is 0 Å². The summed E-state index contributed by atoms with van der Waals surface area (Å²) in [6, 6.07) is 4.18. The molecule has 6 heterocycles. The Morgan fingerprint density at radius 1 is 0.896 bits per heavy atom. The van der Waals surface area contributed by atoms with Crippen LogP contribution in [0, 0.1) is 11.8 Å². The van der Waals surface area contributed by atoms with Gasteiger partial charge in [0.15, 0.2) is 0 Å². The fourth-order valence-corrected chi connectivity index (χ4v) is 8.26. The first kappa shape index (κ1) is 36.0. The summed E-state index contributed by atoms with van der Waals surface area (Å²) in [5, 5.41) is 18.9. The number of carbonyl (C=O) groups is 2. The number of nitrogens with two attached hydrogens (primary N) is 2. The summed E-state index contributed by atoms with van der Waals surface area (Å²) < 4.78 is 30.4. The summed E-state index contributed by atoms with van der Waals surface area (Å²) in [4.78, 5) is 23.7. The second-order valence-electron chi connectivity index (χ2n) is 12.3. The number of sulfonamides is 1. The largest absolute Gasteiger partial charge is 0.379 e. The lowest BCUT2D eigenvalue weighted by molar-refractivity contribution is 0.0992. The van der Waals surface area contributed by atoms with E-state index in [9.17, 15) is 18.0 Å². The Morgan fingerprint density at radius 3 is 1.85 bits per heavy atom. The SMILES string of the molecule is CC[C@@H]1CN(S(C)(=O)=O)CC[C@H]1Nc1c(C(N)=O)cnn2cc(Br)cc12.CC[C@@H]1CNCC[C@H]1Nc1c(C(N)=O)cnn2cc(Br)cc12. The molecule has 2 saturated heterocycles. The molecule has 2 aliphatic rings. The predicted octanol–water partition coefficient (Wildman–Crippen LogP) is 3.66. The summed E-state index contributed by atoms with van der Waals surface area (Å²) in [6.45, 7) is 7.11. The molecule has 0 spiro atoms. The molecule has 0 aromatic carbocycles. The topological polar surface area (TPSA) is 194 Å². The minimum Gasteiger partial charge on any atom is -0.379 e. The van der Waals surface area contributed by atoms with Gasteiger partial charge in [-0.3, -0.25) is 9.59 Å². The molecule has 260 valence electrons. The Hall–Kier alpha value is -3.25. The van der Waals surface area contributed by atoms with Gasteiger partial charge < -0.3 is 27.4 Å². The van der Waals surface area contributed by atoms with E-state index in [-0.39, 0.29) is 12.0 Å². The van der Waals surface area contributed by atoms with Crippen molar-refractivity contribution < 1.29 is 18.0 Å². The number of nitrogens with one attached hydrogen (secondary N) is 3. The Labute approximate surface area is 296 Å². The van der Waals surface area contributed by atoms with Gasteiger partial charge in [-0.15, -0.1) is 0 Å². The van der Waals surface area contributed by atoms with E-state index >= 15 is 0 Å². The van der Waals surface area contributed by atoms with Crippen LogP contribution in [0.5, 0.6) is 0 Å². The van der Waals surface area contributed by atoms with Gasteiger partial charge in [-0.2, -0.15) is 10.2 Å². The minimum absolute atomic E-state index is 0.0379. The molecule has 2 fully saturated rings. The van der Waals surface area contributed by atoms with Crippen molar-refractivity contribution in [1.82, 2.24) is 28.9 Å². The van der Waals surface area contributed by atoms with Crippen molar-refractivity contribution in [3.8, 4) is 0 Å². The van der Waals surface area contributed by atoms with Crippen LogP contribution in [0.1, 0.15) is 60.2 Å². The van der Waals surface area contributed by atoms with Crippen LogP contribution in [-0.4, -0.2) is 88.3 Å². The van der Waals surface area contributed by atoms with Crippen molar-refractivity contribution in [2.45, 2.75) is 51.6 Å². The van der Waals surface area contributed by atoms with Crippen molar-refractivity contribution in [2.24, 2.45) is 23.3 Å². The maximum atomic E-state index is 11.9. The van der Waals surface area contributed by atoms with Gasteiger partial charge in [0.25, 0.3) is 11.8 Å². The lowest BCUT2D eigenvalue weighted by Gasteiger charge is -2.38. The molecule has 6 rings (SSSR count). The zero-order valence-electron chi connectivity index (χ0n) is 27.1. The van der Waals surface area contributed by atoms with E-state index in [2.05, 4.69) is 64.9 Å². The number of rotatable bonds is 9. The quantitative estimate of drug-likeness (QED) is 0.168. The summed E-state index contributed by atoms with van der Waals surface area (Å²) in [5.41, 5.74) is 14.8. The van der Waals surface area contributed by atoms with E-state index in [0.717, 1.165) is 58.0 Å². The van der Waals surface area contributed by atoms with E-state index in [1.54, 1.807) is 15.2 Å². The highest BCUT2D eigenvalue weighted by Gasteiger charge is 2.33. The van der Waals surface area contributed by atoms with E-state index in [1.165, 1.54) is 23.0 Å². The molecule has 4 aromatic rings. The first-order chi connectivity index (χ1) is 22.8. The number of hydrogen-bond donors (Lipinski definition) is 5. The third-order valence-corrected chi connectivity index (χ3v) is 11.4. The third kappa shape index (κ3) is 7.96. The highest BCUT2D eigenvalue weighted by molar-refractivity contribution is 9.10. The molecule has 0 bridgehead atoms. The highest BCUT2D eigenvalue weighted by Crippen LogP contribution is 2.31. The average molecular weight is 811 g/mol. The summed E-state index contributed by atoms with van der Waals surface area (Å²) >= 11 is 6.88. The zero-order chi connectivity index (χ0) is 34.7. The van der Waals surface area contributed by atoms with Gasteiger partial charge in [0, 0.05) is 46.5 Å². The standard InChI is InChI=1S/C16H22BrN5O3S.C15H20BrN5O/c1-3-10-8-21(26(2,24)25)5-4-13(10)20-15-12(16(18)23)7-19-22-9-11(17)6-14(15)22;1-2-9-6-18-4-3-12(9)20-14-11(15(17)22)7-19-21-8-10(16)5-13(14)21/h6-7,9-10,13,20H,3-5,8H2,1-2H3,(H2,18,23);5,7-9,12,18,20H,2-4,6H2,1H3,(H2,17,22)/t10-,13-;9-,12-/m11/s1. The van der Waals surface area contributed by atoms with Gasteiger partial charge in [-0.25, -0.2) is 21.8 Å². The van der Waals surface area contributed by atoms with Crippen LogP contribution in [0.25, 0.3) is 11.0 Å². The fourth-order valence-electron chi connectivity index (χ4n) is 6.54. The molecule has 0 saturated carbocycles. The number of anilines is 2. The zero-order valence-corrected chi connectivity index (χ0v) is 31.1. The molecule has 0 aliphatic carbocycles. The smallest absolute Gasteiger partial charge is 0.252 e. The summed E-state index contributed by atoms with van der Waals surface area (Å²) in [5.74, 6) is -0.356. The number of amides is 2. The molecule has 0 radical (unpaired) electrons. The lowest BCUT2D eigenvalue weighted by atomic mass is 9.90. The van der Waals surface area contributed by atoms with Crippen LogP contribution in [0.2, 0.25) is 0 Å². The maximum Gasteiger partial charge on any atom is 0.252 e. The number of fused-ring (bicyclic) bond motifs is 2. The minimum atomic E-state index is -3.21. The van der Waals surface area contributed by atoms with Crippen LogP contribution < -0.4 is 27.4 Å². The number of carbonyl (C=O) groups excluding carboxylic acids is 2.